The lowest BCUT2D eigenvalue weighted by atomic mass is 10.2. The molecule has 0 amide bonds. The molecule has 0 bridgehead atoms. The van der Waals surface area contributed by atoms with Gasteiger partial charge in [-0.05, 0) is 25.7 Å². The van der Waals surface area contributed by atoms with Crippen LogP contribution in [0.5, 0.6) is 0 Å². The molecule has 3 heteroatoms. The number of hydrogen-bond donors (Lipinski definition) is 0. The van der Waals surface area contributed by atoms with E-state index in [0.29, 0.717) is 0 Å². The Kier molecular flexibility index (Phi) is 1.42. The van der Waals surface area contributed by atoms with Crippen molar-refractivity contribution in [1.82, 2.24) is 0 Å². The topological polar surface area (TPSA) is 35.5 Å². The maximum absolute atomic E-state index is 11.0. The highest BCUT2D eigenvalue weighted by Gasteiger charge is 2.51. The number of methoxy groups -OCH3 is 1. The molecular weight excluding hydrogens is 144 g/mol. The van der Waals surface area contributed by atoms with Gasteiger partial charge in [0.2, 0.25) is 0 Å². The summed E-state index contributed by atoms with van der Waals surface area (Å²) < 4.78 is 10.1. The fraction of sp³-hybridized carbons (Fsp3) is 0.875. The number of ether oxygens (including phenoxy) is 2. The molecule has 0 N–H and O–H groups in total. The Morgan fingerprint density at radius 3 is 2.73 bits per heavy atom. The standard InChI is InChI=1S/C8H12O3/c1-10-7(9)6-2-3-8(11-6)4-5-8/h6H,2-5H2,1H3. The predicted molar refractivity (Wildman–Crippen MR) is 38.1 cm³/mol. The van der Waals surface area contributed by atoms with Gasteiger partial charge in [-0.1, -0.05) is 0 Å². The molecule has 1 atom stereocenters. The fourth-order valence-corrected chi connectivity index (χ4v) is 1.62. The third kappa shape index (κ3) is 1.13. The molecule has 0 aromatic rings. The van der Waals surface area contributed by atoms with Gasteiger partial charge in [-0.15, -0.1) is 0 Å². The molecule has 3 nitrogen and oxygen atoms in total. The zero-order valence-electron chi connectivity index (χ0n) is 6.63. The van der Waals surface area contributed by atoms with Gasteiger partial charge in [0.05, 0.1) is 12.7 Å². The first-order valence-corrected chi connectivity index (χ1v) is 4.01. The summed E-state index contributed by atoms with van der Waals surface area (Å²) in [4.78, 5) is 11.0. The molecule has 0 aromatic heterocycles. The van der Waals surface area contributed by atoms with Crippen LogP contribution in [0, 0.1) is 0 Å². The van der Waals surface area contributed by atoms with E-state index in [1.165, 1.54) is 7.11 Å². The van der Waals surface area contributed by atoms with E-state index in [1.54, 1.807) is 0 Å². The van der Waals surface area contributed by atoms with E-state index < -0.39 is 0 Å². The highest BCUT2D eigenvalue weighted by Crippen LogP contribution is 2.49. The Morgan fingerprint density at radius 2 is 2.27 bits per heavy atom. The second kappa shape index (κ2) is 2.21. The molecule has 0 radical (unpaired) electrons. The van der Waals surface area contributed by atoms with Crippen molar-refractivity contribution in [1.29, 1.82) is 0 Å². The summed E-state index contributed by atoms with van der Waals surface area (Å²) in [6, 6.07) is 0. The largest absolute Gasteiger partial charge is 0.467 e. The molecule has 2 fully saturated rings. The number of esters is 1. The van der Waals surface area contributed by atoms with E-state index in [9.17, 15) is 4.79 Å². The van der Waals surface area contributed by atoms with Crippen LogP contribution in [0.4, 0.5) is 0 Å². The molecule has 1 saturated heterocycles. The van der Waals surface area contributed by atoms with Crippen LogP contribution < -0.4 is 0 Å². The maximum atomic E-state index is 11.0. The quantitative estimate of drug-likeness (QED) is 0.528. The van der Waals surface area contributed by atoms with Crippen molar-refractivity contribution in [2.24, 2.45) is 0 Å². The molecule has 1 saturated carbocycles. The monoisotopic (exact) mass is 156 g/mol. The molecule has 1 aliphatic carbocycles. The van der Waals surface area contributed by atoms with Crippen LogP contribution in [-0.4, -0.2) is 24.8 Å². The number of rotatable bonds is 1. The predicted octanol–water partition coefficient (Wildman–Crippen LogP) is 0.871. The van der Waals surface area contributed by atoms with Crippen LogP contribution in [0.25, 0.3) is 0 Å². The Bertz CT molecular complexity index is 184. The van der Waals surface area contributed by atoms with E-state index in [1.807, 2.05) is 0 Å². The third-order valence-electron chi connectivity index (χ3n) is 2.53. The Hall–Kier alpha value is -0.570. The Labute approximate surface area is 65.7 Å². The lowest BCUT2D eigenvalue weighted by Gasteiger charge is -2.09. The lowest BCUT2D eigenvalue weighted by molar-refractivity contribution is -0.154. The number of hydrogen-bond acceptors (Lipinski definition) is 3. The molecule has 2 rings (SSSR count). The van der Waals surface area contributed by atoms with Crippen molar-refractivity contribution in [2.45, 2.75) is 37.4 Å². The summed E-state index contributed by atoms with van der Waals surface area (Å²) in [5, 5.41) is 0. The minimum atomic E-state index is -0.275. The SMILES string of the molecule is COC(=O)C1CCC2(CC2)O1. The lowest BCUT2D eigenvalue weighted by Crippen LogP contribution is -2.22. The van der Waals surface area contributed by atoms with Crippen LogP contribution in [-0.2, 0) is 14.3 Å². The van der Waals surface area contributed by atoms with E-state index in [0.717, 1.165) is 25.7 Å². The summed E-state index contributed by atoms with van der Waals surface area (Å²) in [6.07, 6.45) is 3.85. The molecule has 1 aliphatic heterocycles. The minimum absolute atomic E-state index is 0.0961. The summed E-state index contributed by atoms with van der Waals surface area (Å²) in [7, 11) is 1.41. The van der Waals surface area contributed by atoms with Gasteiger partial charge >= 0.3 is 5.97 Å². The highest BCUT2D eigenvalue weighted by atomic mass is 16.6. The van der Waals surface area contributed by atoms with Crippen molar-refractivity contribution >= 4 is 5.97 Å². The van der Waals surface area contributed by atoms with Gasteiger partial charge in [-0.3, -0.25) is 0 Å². The smallest absolute Gasteiger partial charge is 0.335 e. The van der Waals surface area contributed by atoms with Crippen molar-refractivity contribution in [3.05, 3.63) is 0 Å². The van der Waals surface area contributed by atoms with Crippen LogP contribution in [0.15, 0.2) is 0 Å². The van der Waals surface area contributed by atoms with Gasteiger partial charge < -0.3 is 9.47 Å². The summed E-state index contributed by atoms with van der Waals surface area (Å²) >= 11 is 0. The zero-order valence-corrected chi connectivity index (χ0v) is 6.63. The molecule has 2 aliphatic rings. The van der Waals surface area contributed by atoms with Crippen molar-refractivity contribution in [3.63, 3.8) is 0 Å². The van der Waals surface area contributed by atoms with E-state index in [-0.39, 0.29) is 17.7 Å². The van der Waals surface area contributed by atoms with Crippen LogP contribution in [0.3, 0.4) is 0 Å². The van der Waals surface area contributed by atoms with Crippen LogP contribution in [0.1, 0.15) is 25.7 Å². The zero-order chi connectivity index (χ0) is 7.90. The molecule has 1 spiro atoms. The minimum Gasteiger partial charge on any atom is -0.467 e. The number of carbonyl (C=O) groups excluding carboxylic acids is 1. The fourth-order valence-electron chi connectivity index (χ4n) is 1.62. The second-order valence-corrected chi connectivity index (χ2v) is 3.35. The normalized spacial score (nSPS) is 32.3. The van der Waals surface area contributed by atoms with Gasteiger partial charge in [-0.2, -0.15) is 0 Å². The van der Waals surface area contributed by atoms with Crippen LogP contribution >= 0.6 is 0 Å². The van der Waals surface area contributed by atoms with E-state index >= 15 is 0 Å². The average Bonchev–Trinajstić information content (AvgIpc) is 2.61. The molecule has 1 unspecified atom stereocenters. The van der Waals surface area contributed by atoms with Crippen molar-refractivity contribution in [3.8, 4) is 0 Å². The summed E-state index contributed by atoms with van der Waals surface area (Å²) in [5.41, 5.74) is 0.0961. The molecule has 0 aromatic carbocycles. The highest BCUT2D eigenvalue weighted by molar-refractivity contribution is 5.75. The van der Waals surface area contributed by atoms with Gasteiger partial charge in [0.25, 0.3) is 0 Å². The van der Waals surface area contributed by atoms with Gasteiger partial charge in [-0.25, -0.2) is 4.79 Å². The van der Waals surface area contributed by atoms with Gasteiger partial charge in [0.1, 0.15) is 0 Å². The van der Waals surface area contributed by atoms with E-state index in [2.05, 4.69) is 4.74 Å². The third-order valence-corrected chi connectivity index (χ3v) is 2.53. The van der Waals surface area contributed by atoms with Gasteiger partial charge in [0, 0.05) is 0 Å². The first-order chi connectivity index (χ1) is 5.26. The second-order valence-electron chi connectivity index (χ2n) is 3.35. The molecular formula is C8H12O3. The summed E-state index contributed by atoms with van der Waals surface area (Å²) in [5.74, 6) is -0.214. The maximum Gasteiger partial charge on any atom is 0.335 e. The van der Waals surface area contributed by atoms with Crippen molar-refractivity contribution < 1.29 is 14.3 Å². The Morgan fingerprint density at radius 1 is 1.55 bits per heavy atom. The molecule has 11 heavy (non-hydrogen) atoms. The van der Waals surface area contributed by atoms with Crippen molar-refractivity contribution in [2.75, 3.05) is 7.11 Å². The molecule has 1 heterocycles. The first kappa shape index (κ1) is 7.10. The number of carbonyl (C=O) groups is 1. The van der Waals surface area contributed by atoms with E-state index in [4.69, 9.17) is 4.74 Å². The van der Waals surface area contributed by atoms with Crippen LogP contribution in [0.2, 0.25) is 0 Å². The van der Waals surface area contributed by atoms with Gasteiger partial charge in [0.15, 0.2) is 6.10 Å². The molecule has 62 valence electrons. The first-order valence-electron chi connectivity index (χ1n) is 4.01. The Balaban J connectivity index is 1.94. The average molecular weight is 156 g/mol. The summed E-state index contributed by atoms with van der Waals surface area (Å²) in [6.45, 7) is 0.